The molecule has 2 heterocycles. The van der Waals surface area contributed by atoms with Crippen LogP contribution in [0.1, 0.15) is 53.8 Å². The summed E-state index contributed by atoms with van der Waals surface area (Å²) in [5.41, 5.74) is 1.12. The minimum absolute atomic E-state index is 0.0424. The van der Waals surface area contributed by atoms with Crippen molar-refractivity contribution in [1.29, 1.82) is 0 Å². The van der Waals surface area contributed by atoms with Crippen LogP contribution < -0.4 is 14.2 Å². The topological polar surface area (TPSA) is 68.3 Å². The summed E-state index contributed by atoms with van der Waals surface area (Å²) in [5, 5.41) is 0. The Kier molecular flexibility index (Phi) is 7.06. The third kappa shape index (κ3) is 5.07. The number of hydrogen-bond acceptors (Lipinski definition) is 5. The lowest BCUT2D eigenvalue weighted by atomic mass is 10.0. The highest BCUT2D eigenvalue weighted by molar-refractivity contribution is 5.97. The molecule has 0 N–H and O–H groups in total. The normalized spacial score (nSPS) is 19.3. The summed E-state index contributed by atoms with van der Waals surface area (Å²) in [4.78, 5) is 30.3. The Hall–Kier alpha value is -3.22. The lowest BCUT2D eigenvalue weighted by molar-refractivity contribution is 0.0528. The number of benzene rings is 2. The first-order chi connectivity index (χ1) is 16.0. The molecule has 176 valence electrons. The van der Waals surface area contributed by atoms with Crippen molar-refractivity contribution in [2.75, 3.05) is 33.5 Å². The molecule has 33 heavy (non-hydrogen) atoms. The van der Waals surface area contributed by atoms with Gasteiger partial charge in [-0.15, -0.1) is 0 Å². The Labute approximate surface area is 195 Å². The van der Waals surface area contributed by atoms with E-state index >= 15 is 0 Å². The van der Waals surface area contributed by atoms with Crippen molar-refractivity contribution < 1.29 is 23.8 Å². The maximum atomic E-state index is 13.7. The first-order valence-electron chi connectivity index (χ1n) is 11.6. The molecule has 0 fully saturated rings. The summed E-state index contributed by atoms with van der Waals surface area (Å²) in [6.45, 7) is 5.96. The molecule has 0 saturated heterocycles. The number of hydrogen-bond donors (Lipinski definition) is 0. The van der Waals surface area contributed by atoms with Gasteiger partial charge in [0.25, 0.3) is 11.8 Å². The molecule has 0 saturated carbocycles. The lowest BCUT2D eigenvalue weighted by Gasteiger charge is -2.34. The summed E-state index contributed by atoms with van der Waals surface area (Å²) in [7, 11) is 1.82. The SMILES string of the molecule is CC(C)[C@H]1COc2ccccc2C(=O)N(C)CCCCCN1C(=O)c1ccc2c(c1)OCO2. The fourth-order valence-corrected chi connectivity index (χ4v) is 4.32. The number of carbonyl (C=O) groups is 2. The minimum Gasteiger partial charge on any atom is -0.491 e. The quantitative estimate of drug-likeness (QED) is 0.683. The zero-order chi connectivity index (χ0) is 23.4. The Morgan fingerprint density at radius 3 is 2.52 bits per heavy atom. The van der Waals surface area contributed by atoms with Gasteiger partial charge in [0, 0.05) is 25.7 Å². The summed E-state index contributed by atoms with van der Waals surface area (Å²) >= 11 is 0. The van der Waals surface area contributed by atoms with E-state index in [0.717, 1.165) is 19.3 Å². The lowest BCUT2D eigenvalue weighted by Crippen LogP contribution is -2.47. The molecule has 1 atom stereocenters. The molecule has 2 aromatic rings. The van der Waals surface area contributed by atoms with Crippen molar-refractivity contribution in [2.24, 2.45) is 5.92 Å². The van der Waals surface area contributed by atoms with Crippen LogP contribution in [-0.2, 0) is 0 Å². The average molecular weight is 453 g/mol. The molecule has 2 aromatic carbocycles. The van der Waals surface area contributed by atoms with Gasteiger partial charge in [0.15, 0.2) is 11.5 Å². The summed E-state index contributed by atoms with van der Waals surface area (Å²) in [5.74, 6) is 1.88. The number of para-hydroxylation sites is 1. The van der Waals surface area contributed by atoms with E-state index in [1.807, 2.05) is 30.1 Å². The van der Waals surface area contributed by atoms with Crippen LogP contribution >= 0.6 is 0 Å². The first kappa shape index (κ1) is 23.0. The van der Waals surface area contributed by atoms with Crippen LogP contribution in [0.3, 0.4) is 0 Å². The number of amides is 2. The Morgan fingerprint density at radius 2 is 1.70 bits per heavy atom. The van der Waals surface area contributed by atoms with Crippen LogP contribution in [0.15, 0.2) is 42.5 Å². The average Bonchev–Trinajstić information content (AvgIpc) is 3.29. The van der Waals surface area contributed by atoms with Crippen molar-refractivity contribution in [2.45, 2.75) is 39.2 Å². The third-order valence-corrected chi connectivity index (χ3v) is 6.32. The monoisotopic (exact) mass is 452 g/mol. The van der Waals surface area contributed by atoms with Gasteiger partial charge in [0.2, 0.25) is 6.79 Å². The van der Waals surface area contributed by atoms with Gasteiger partial charge in [0.1, 0.15) is 12.4 Å². The fourth-order valence-electron chi connectivity index (χ4n) is 4.32. The Morgan fingerprint density at radius 1 is 0.939 bits per heavy atom. The predicted molar refractivity (Wildman–Crippen MR) is 125 cm³/mol. The van der Waals surface area contributed by atoms with Gasteiger partial charge in [-0.3, -0.25) is 9.59 Å². The zero-order valence-corrected chi connectivity index (χ0v) is 19.6. The van der Waals surface area contributed by atoms with Gasteiger partial charge < -0.3 is 24.0 Å². The fraction of sp³-hybridized carbons (Fsp3) is 0.462. The van der Waals surface area contributed by atoms with Crippen molar-refractivity contribution in [3.63, 3.8) is 0 Å². The molecule has 4 rings (SSSR count). The molecular weight excluding hydrogens is 420 g/mol. The van der Waals surface area contributed by atoms with Crippen LogP contribution in [0, 0.1) is 5.92 Å². The smallest absolute Gasteiger partial charge is 0.257 e. The van der Waals surface area contributed by atoms with Crippen LogP contribution in [0.25, 0.3) is 0 Å². The van der Waals surface area contributed by atoms with Crippen LogP contribution in [-0.4, -0.2) is 61.2 Å². The van der Waals surface area contributed by atoms with E-state index in [0.29, 0.717) is 48.1 Å². The van der Waals surface area contributed by atoms with E-state index < -0.39 is 0 Å². The number of carbonyl (C=O) groups excluding carboxylic acids is 2. The predicted octanol–water partition coefficient (Wildman–Crippen LogP) is 4.22. The molecule has 2 amide bonds. The first-order valence-corrected chi connectivity index (χ1v) is 11.6. The molecule has 0 aromatic heterocycles. The Balaban J connectivity index is 1.63. The highest BCUT2D eigenvalue weighted by Gasteiger charge is 2.30. The van der Waals surface area contributed by atoms with Gasteiger partial charge in [0.05, 0.1) is 11.6 Å². The van der Waals surface area contributed by atoms with Crippen LogP contribution in [0.2, 0.25) is 0 Å². The largest absolute Gasteiger partial charge is 0.491 e. The van der Waals surface area contributed by atoms with E-state index in [4.69, 9.17) is 14.2 Å². The standard InChI is InChI=1S/C26H32N2O5/c1-18(2)21-16-31-22-10-6-5-9-20(22)26(30)27(3)13-7-4-8-14-28(21)25(29)19-11-12-23-24(15-19)33-17-32-23/h5-6,9-12,15,18,21H,4,7-8,13-14,16-17H2,1-3H3/t21-/m1/s1. The number of rotatable bonds is 2. The second-order valence-electron chi connectivity index (χ2n) is 8.97. The van der Waals surface area contributed by atoms with Gasteiger partial charge >= 0.3 is 0 Å². The van der Waals surface area contributed by atoms with Crippen LogP contribution in [0.5, 0.6) is 17.2 Å². The van der Waals surface area contributed by atoms with Gasteiger partial charge in [-0.05, 0) is 55.5 Å². The molecule has 0 unspecified atom stereocenters. The molecule has 0 spiro atoms. The van der Waals surface area contributed by atoms with E-state index in [1.165, 1.54) is 0 Å². The van der Waals surface area contributed by atoms with Crippen molar-refractivity contribution >= 4 is 11.8 Å². The molecule has 7 nitrogen and oxygen atoms in total. The van der Waals surface area contributed by atoms with E-state index in [1.54, 1.807) is 29.2 Å². The van der Waals surface area contributed by atoms with Crippen molar-refractivity contribution in [3.05, 3.63) is 53.6 Å². The van der Waals surface area contributed by atoms with E-state index in [2.05, 4.69) is 13.8 Å². The number of nitrogens with zero attached hydrogens (tertiary/aromatic N) is 2. The molecule has 7 heteroatoms. The van der Waals surface area contributed by atoms with Gasteiger partial charge in [-0.25, -0.2) is 0 Å². The number of fused-ring (bicyclic) bond motifs is 2. The highest BCUT2D eigenvalue weighted by Crippen LogP contribution is 2.33. The van der Waals surface area contributed by atoms with Crippen molar-refractivity contribution in [3.8, 4) is 17.2 Å². The Bertz CT molecular complexity index is 1010. The molecule has 2 aliphatic rings. The molecule has 0 aliphatic carbocycles. The second kappa shape index (κ2) is 10.1. The molecule has 0 bridgehead atoms. The minimum atomic E-state index is -0.149. The number of ether oxygens (including phenoxy) is 3. The van der Waals surface area contributed by atoms with E-state index in [-0.39, 0.29) is 30.6 Å². The molecular formula is C26H32N2O5. The van der Waals surface area contributed by atoms with Gasteiger partial charge in [-0.1, -0.05) is 26.0 Å². The maximum Gasteiger partial charge on any atom is 0.257 e. The second-order valence-corrected chi connectivity index (χ2v) is 8.97. The summed E-state index contributed by atoms with van der Waals surface area (Å²) < 4.78 is 17.1. The third-order valence-electron chi connectivity index (χ3n) is 6.32. The molecule has 0 radical (unpaired) electrons. The zero-order valence-electron chi connectivity index (χ0n) is 19.6. The van der Waals surface area contributed by atoms with Crippen LogP contribution in [0.4, 0.5) is 0 Å². The van der Waals surface area contributed by atoms with Gasteiger partial charge in [-0.2, -0.15) is 0 Å². The van der Waals surface area contributed by atoms with Crippen molar-refractivity contribution in [1.82, 2.24) is 9.80 Å². The maximum absolute atomic E-state index is 13.7. The molecule has 2 aliphatic heterocycles. The highest BCUT2D eigenvalue weighted by atomic mass is 16.7. The van der Waals surface area contributed by atoms with E-state index in [9.17, 15) is 9.59 Å². The summed E-state index contributed by atoms with van der Waals surface area (Å²) in [6.07, 6.45) is 2.66. The summed E-state index contributed by atoms with van der Waals surface area (Å²) in [6, 6.07) is 12.5.